The lowest BCUT2D eigenvalue weighted by Gasteiger charge is -2.15. The van der Waals surface area contributed by atoms with Crippen molar-refractivity contribution in [3.63, 3.8) is 0 Å². The quantitative estimate of drug-likeness (QED) is 0.441. The molecule has 0 aliphatic heterocycles. The lowest BCUT2D eigenvalue weighted by atomic mass is 9.88. The summed E-state index contributed by atoms with van der Waals surface area (Å²) in [6.07, 6.45) is 16.8. The first-order valence-corrected chi connectivity index (χ1v) is 8.97. The maximum absolute atomic E-state index is 9.09. The molecule has 0 heterocycles. The van der Waals surface area contributed by atoms with Gasteiger partial charge < -0.3 is 0 Å². The fourth-order valence-electron chi connectivity index (χ4n) is 2.72. The predicted octanol–water partition coefficient (Wildman–Crippen LogP) is 5.29. The topological polar surface area (TPSA) is 143 Å². The molecule has 6 heteroatoms. The van der Waals surface area contributed by atoms with E-state index >= 15 is 0 Å². The Morgan fingerprint density at radius 3 is 1.53 bits per heavy atom. The molecule has 1 aromatic carbocycles. The van der Waals surface area contributed by atoms with Gasteiger partial charge in [0.1, 0.15) is 0 Å². The lowest BCUT2D eigenvalue weighted by Crippen LogP contribution is -1.96. The molecular formula is C26H14N6. The first kappa shape index (κ1) is 24.4. The summed E-state index contributed by atoms with van der Waals surface area (Å²) in [4.78, 5) is 0. The van der Waals surface area contributed by atoms with Gasteiger partial charge in [-0.2, -0.15) is 31.6 Å². The number of nitrogens with zero attached hydrogens (tertiary/aromatic N) is 6. The van der Waals surface area contributed by atoms with E-state index in [9.17, 15) is 0 Å². The molecule has 0 amide bonds. The van der Waals surface area contributed by atoms with Crippen LogP contribution in [-0.4, -0.2) is 0 Å². The van der Waals surface area contributed by atoms with Crippen molar-refractivity contribution in [3.05, 3.63) is 94.6 Å². The highest BCUT2D eigenvalue weighted by atomic mass is 14.2. The second kappa shape index (κ2) is 14.4. The molecule has 1 rings (SSSR count). The zero-order valence-corrected chi connectivity index (χ0v) is 16.8. The summed E-state index contributed by atoms with van der Waals surface area (Å²) in [6.45, 7) is 0. The molecule has 0 atom stereocenters. The number of rotatable bonds is 7. The van der Waals surface area contributed by atoms with Crippen molar-refractivity contribution in [1.82, 2.24) is 0 Å². The Kier molecular flexibility index (Phi) is 10.9. The SMILES string of the molecule is N#CC=CC(C=CC#N)=C(C=CC#N)c1ccc(C=CC#N)c(C=CC#N)c1C=CC#N. The smallest absolute Gasteiger partial charge is 0.0912 e. The van der Waals surface area contributed by atoms with Crippen molar-refractivity contribution in [2.45, 2.75) is 0 Å². The maximum atomic E-state index is 9.09. The Morgan fingerprint density at radius 1 is 0.531 bits per heavy atom. The summed E-state index contributed by atoms with van der Waals surface area (Å²) in [5.41, 5.74) is 3.30. The van der Waals surface area contributed by atoms with Crippen LogP contribution in [0.4, 0.5) is 0 Å². The number of allylic oxidation sites excluding steroid dienone is 11. The molecule has 0 saturated carbocycles. The molecule has 32 heavy (non-hydrogen) atoms. The summed E-state index contributed by atoms with van der Waals surface area (Å²) >= 11 is 0. The summed E-state index contributed by atoms with van der Waals surface area (Å²) < 4.78 is 0. The van der Waals surface area contributed by atoms with Crippen LogP contribution in [0.15, 0.2) is 72.4 Å². The molecule has 0 saturated heterocycles. The van der Waals surface area contributed by atoms with Crippen LogP contribution in [0.1, 0.15) is 22.3 Å². The fraction of sp³-hybridized carbons (Fsp3) is 0. The van der Waals surface area contributed by atoms with Gasteiger partial charge in [0.25, 0.3) is 0 Å². The second-order valence-electron chi connectivity index (χ2n) is 5.67. The van der Waals surface area contributed by atoms with Crippen molar-refractivity contribution in [1.29, 1.82) is 31.6 Å². The first-order valence-electron chi connectivity index (χ1n) is 8.97. The van der Waals surface area contributed by atoms with E-state index in [2.05, 4.69) is 0 Å². The van der Waals surface area contributed by atoms with Gasteiger partial charge in [0.05, 0.1) is 36.4 Å². The van der Waals surface area contributed by atoms with Gasteiger partial charge in [-0.1, -0.05) is 12.1 Å². The molecule has 0 aromatic heterocycles. The molecule has 1 aromatic rings. The zero-order chi connectivity index (χ0) is 23.6. The summed E-state index contributed by atoms with van der Waals surface area (Å²) in [7, 11) is 0. The molecule has 0 unspecified atom stereocenters. The van der Waals surface area contributed by atoms with E-state index in [4.69, 9.17) is 31.6 Å². The Hall–Kier alpha value is -5.66. The fourth-order valence-corrected chi connectivity index (χ4v) is 2.72. The molecule has 0 fully saturated rings. The van der Waals surface area contributed by atoms with Gasteiger partial charge in [-0.15, -0.1) is 0 Å². The van der Waals surface area contributed by atoms with Gasteiger partial charge >= 0.3 is 0 Å². The Morgan fingerprint density at radius 2 is 1.00 bits per heavy atom. The van der Waals surface area contributed by atoms with E-state index in [-0.39, 0.29) is 0 Å². The molecule has 0 aliphatic carbocycles. The molecule has 6 nitrogen and oxygen atoms in total. The van der Waals surface area contributed by atoms with Gasteiger partial charge in [0.15, 0.2) is 0 Å². The number of hydrogen-bond acceptors (Lipinski definition) is 6. The largest absolute Gasteiger partial charge is 0.193 e. The van der Waals surface area contributed by atoms with Crippen LogP contribution >= 0.6 is 0 Å². The van der Waals surface area contributed by atoms with E-state index in [1.165, 1.54) is 54.7 Å². The first-order chi connectivity index (χ1) is 15.7. The number of nitriles is 6. The normalized spacial score (nSPS) is 10.8. The van der Waals surface area contributed by atoms with Crippen LogP contribution in [0.3, 0.4) is 0 Å². The van der Waals surface area contributed by atoms with Crippen molar-refractivity contribution in [3.8, 4) is 36.4 Å². The van der Waals surface area contributed by atoms with Gasteiger partial charge in [0, 0.05) is 36.5 Å². The van der Waals surface area contributed by atoms with E-state index in [1.807, 2.05) is 36.4 Å². The second-order valence-corrected chi connectivity index (χ2v) is 5.67. The minimum atomic E-state index is 0.474. The number of benzene rings is 1. The lowest BCUT2D eigenvalue weighted by molar-refractivity contribution is 1.48. The molecule has 0 spiro atoms. The standard InChI is InChI=1S/C26H14N6/c27-15-1-7-21(8-2-16-28)23(10-4-18-30)26-14-13-22(9-3-17-29)24(11-5-19-31)25(26)12-6-20-32/h1-14H. The summed E-state index contributed by atoms with van der Waals surface area (Å²) in [5.74, 6) is 0. The van der Waals surface area contributed by atoms with Crippen LogP contribution < -0.4 is 0 Å². The number of hydrogen-bond donors (Lipinski definition) is 0. The Balaban J connectivity index is 4.22. The van der Waals surface area contributed by atoms with E-state index < -0.39 is 0 Å². The van der Waals surface area contributed by atoms with E-state index in [0.717, 1.165) is 0 Å². The van der Waals surface area contributed by atoms with Gasteiger partial charge in [-0.3, -0.25) is 0 Å². The predicted molar refractivity (Wildman–Crippen MR) is 122 cm³/mol. The minimum absolute atomic E-state index is 0.474. The van der Waals surface area contributed by atoms with Gasteiger partial charge in [-0.05, 0) is 69.9 Å². The highest BCUT2D eigenvalue weighted by Crippen LogP contribution is 2.32. The van der Waals surface area contributed by atoms with Crippen molar-refractivity contribution >= 4 is 23.8 Å². The third kappa shape index (κ3) is 7.06. The maximum Gasteiger partial charge on any atom is 0.0912 e. The van der Waals surface area contributed by atoms with Crippen LogP contribution in [0.25, 0.3) is 23.8 Å². The molecule has 0 radical (unpaired) electrons. The third-order valence-electron chi connectivity index (χ3n) is 3.91. The van der Waals surface area contributed by atoms with E-state index in [0.29, 0.717) is 33.4 Å². The van der Waals surface area contributed by atoms with Crippen molar-refractivity contribution in [2.75, 3.05) is 0 Å². The van der Waals surface area contributed by atoms with Crippen LogP contribution in [0.5, 0.6) is 0 Å². The van der Waals surface area contributed by atoms with Gasteiger partial charge in [0.2, 0.25) is 0 Å². The molecule has 148 valence electrons. The third-order valence-corrected chi connectivity index (χ3v) is 3.91. The average molecular weight is 410 g/mol. The van der Waals surface area contributed by atoms with Crippen molar-refractivity contribution < 1.29 is 0 Å². The molecule has 0 N–H and O–H groups in total. The minimum Gasteiger partial charge on any atom is -0.193 e. The molecule has 0 bridgehead atoms. The Labute approximate surface area is 186 Å². The highest BCUT2D eigenvalue weighted by Gasteiger charge is 2.13. The van der Waals surface area contributed by atoms with Crippen molar-refractivity contribution in [2.24, 2.45) is 0 Å². The van der Waals surface area contributed by atoms with Gasteiger partial charge in [-0.25, -0.2) is 0 Å². The highest BCUT2D eigenvalue weighted by molar-refractivity contribution is 5.90. The summed E-state index contributed by atoms with van der Waals surface area (Å²) in [5, 5.41) is 54.0. The monoisotopic (exact) mass is 410 g/mol. The average Bonchev–Trinajstić information content (AvgIpc) is 2.81. The summed E-state index contributed by atoms with van der Waals surface area (Å²) in [6, 6.07) is 14.9. The molecule has 0 aliphatic rings. The van der Waals surface area contributed by atoms with Crippen LogP contribution in [0, 0.1) is 68.0 Å². The van der Waals surface area contributed by atoms with E-state index in [1.54, 1.807) is 30.4 Å². The zero-order valence-electron chi connectivity index (χ0n) is 16.8. The Bertz CT molecular complexity index is 1290. The molecular weight excluding hydrogens is 396 g/mol. The van der Waals surface area contributed by atoms with Crippen LogP contribution in [0.2, 0.25) is 0 Å². The van der Waals surface area contributed by atoms with Crippen LogP contribution in [-0.2, 0) is 0 Å².